The Morgan fingerprint density at radius 2 is 1.94 bits per heavy atom. The highest BCUT2D eigenvalue weighted by Gasteiger charge is 2.33. The molecule has 1 saturated carbocycles. The summed E-state index contributed by atoms with van der Waals surface area (Å²) in [5, 5.41) is -0.00577. The number of rotatable bonds is 9. The van der Waals surface area contributed by atoms with Crippen molar-refractivity contribution in [2.45, 2.75) is 44.3 Å². The van der Waals surface area contributed by atoms with Crippen LogP contribution in [-0.4, -0.2) is 30.9 Å². The number of benzene rings is 1. The molecular formula is C23H26F3N3O2S2. The molecule has 1 heterocycles. The maximum atomic E-state index is 12.5. The Labute approximate surface area is 196 Å². The third kappa shape index (κ3) is 6.55. The average Bonchev–Trinajstić information content (AvgIpc) is 3.14. The van der Waals surface area contributed by atoms with Gasteiger partial charge in [0.25, 0.3) is 0 Å². The highest BCUT2D eigenvalue weighted by molar-refractivity contribution is 7.92. The van der Waals surface area contributed by atoms with Crippen LogP contribution in [0.2, 0.25) is 0 Å². The minimum Gasteiger partial charge on any atom is -0.322 e. The fourth-order valence-electron chi connectivity index (χ4n) is 3.36. The van der Waals surface area contributed by atoms with Gasteiger partial charge in [0, 0.05) is 11.1 Å². The fraction of sp³-hybridized carbons (Fsp3) is 0.348. The van der Waals surface area contributed by atoms with Gasteiger partial charge in [-0.05, 0) is 31.7 Å². The summed E-state index contributed by atoms with van der Waals surface area (Å²) in [5.74, 6) is -1.07. The summed E-state index contributed by atoms with van der Waals surface area (Å²) in [6, 6.07) is 9.22. The van der Waals surface area contributed by atoms with Gasteiger partial charge < -0.3 is 5.73 Å². The standard InChI is InChI=1S/C23H26F3N3O2S2/c1-3-17(11-10-16(2)22(27)12-7-13-22)19-20(18-8-5-4-6-9-18)32-21(28-19)29-33(30,31)15-14-23(24,25)26/h3-6,8-11H,1,7,12-15,27H2,2H3,(H,28,29). The first-order valence-electron chi connectivity index (χ1n) is 10.4. The third-order valence-electron chi connectivity index (χ3n) is 5.60. The van der Waals surface area contributed by atoms with Gasteiger partial charge in [0.15, 0.2) is 5.13 Å². The molecule has 1 aromatic heterocycles. The van der Waals surface area contributed by atoms with E-state index in [0.29, 0.717) is 16.1 Å². The number of hydrogen-bond donors (Lipinski definition) is 2. The van der Waals surface area contributed by atoms with E-state index in [4.69, 9.17) is 5.73 Å². The minimum atomic E-state index is -4.57. The SMILES string of the molecule is C=CC(=CC=C(C)C1(N)CCC1)c1nc(NS(=O)(=O)CCC(F)(F)F)sc1-c1ccccc1. The number of thiazole rings is 1. The molecule has 0 amide bonds. The number of nitrogens with two attached hydrogens (primary N) is 1. The Morgan fingerprint density at radius 3 is 2.48 bits per heavy atom. The lowest BCUT2D eigenvalue weighted by Crippen LogP contribution is -2.47. The van der Waals surface area contributed by atoms with Crippen molar-refractivity contribution in [2.75, 3.05) is 10.5 Å². The lowest BCUT2D eigenvalue weighted by Gasteiger charge is -2.39. The van der Waals surface area contributed by atoms with Crippen LogP contribution < -0.4 is 10.5 Å². The average molecular weight is 498 g/mol. The minimum absolute atomic E-state index is 0.00577. The number of nitrogens with zero attached hydrogens (tertiary/aromatic N) is 1. The van der Waals surface area contributed by atoms with E-state index in [1.807, 2.05) is 49.4 Å². The lowest BCUT2D eigenvalue weighted by atomic mass is 9.72. The van der Waals surface area contributed by atoms with Crippen LogP contribution in [0.4, 0.5) is 18.3 Å². The highest BCUT2D eigenvalue weighted by Crippen LogP contribution is 2.39. The number of alkyl halides is 3. The molecule has 3 N–H and O–H groups in total. The molecule has 0 saturated heterocycles. The number of anilines is 1. The summed E-state index contributed by atoms with van der Waals surface area (Å²) in [7, 11) is -4.22. The van der Waals surface area contributed by atoms with Crippen molar-refractivity contribution in [2.24, 2.45) is 5.73 Å². The van der Waals surface area contributed by atoms with E-state index in [0.717, 1.165) is 41.7 Å². The zero-order chi connectivity index (χ0) is 24.3. The van der Waals surface area contributed by atoms with Crippen LogP contribution in [-0.2, 0) is 10.0 Å². The second kappa shape index (κ2) is 9.82. The van der Waals surface area contributed by atoms with Gasteiger partial charge in [0.1, 0.15) is 0 Å². The van der Waals surface area contributed by atoms with Crippen molar-refractivity contribution in [1.82, 2.24) is 4.98 Å². The predicted molar refractivity (Wildman–Crippen MR) is 128 cm³/mol. The molecule has 33 heavy (non-hydrogen) atoms. The zero-order valence-corrected chi connectivity index (χ0v) is 19.8. The summed E-state index contributed by atoms with van der Waals surface area (Å²) in [6.45, 7) is 5.83. The van der Waals surface area contributed by atoms with Crippen molar-refractivity contribution in [3.05, 3.63) is 66.4 Å². The van der Waals surface area contributed by atoms with Crippen LogP contribution >= 0.6 is 11.3 Å². The second-order valence-corrected chi connectivity index (χ2v) is 10.9. The molecule has 0 radical (unpaired) electrons. The van der Waals surface area contributed by atoms with Crippen LogP contribution in [0, 0.1) is 0 Å². The van der Waals surface area contributed by atoms with E-state index in [9.17, 15) is 21.6 Å². The van der Waals surface area contributed by atoms with Gasteiger partial charge in [-0.2, -0.15) is 13.2 Å². The molecule has 1 fully saturated rings. The Balaban J connectivity index is 1.97. The molecule has 1 aliphatic carbocycles. The van der Waals surface area contributed by atoms with Crippen LogP contribution in [0.5, 0.6) is 0 Å². The number of hydrogen-bond acceptors (Lipinski definition) is 5. The van der Waals surface area contributed by atoms with E-state index >= 15 is 0 Å². The van der Waals surface area contributed by atoms with Gasteiger partial charge in [-0.15, -0.1) is 0 Å². The van der Waals surface area contributed by atoms with Crippen molar-refractivity contribution < 1.29 is 21.6 Å². The highest BCUT2D eigenvalue weighted by atomic mass is 32.2. The molecule has 178 valence electrons. The molecule has 3 rings (SSSR count). The summed E-state index contributed by atoms with van der Waals surface area (Å²) in [6.07, 6.45) is 2.27. The van der Waals surface area contributed by atoms with Gasteiger partial charge in [-0.1, -0.05) is 72.0 Å². The summed E-state index contributed by atoms with van der Waals surface area (Å²) < 4.78 is 64.1. The zero-order valence-electron chi connectivity index (χ0n) is 18.2. The van der Waals surface area contributed by atoms with Crippen molar-refractivity contribution >= 4 is 32.1 Å². The molecule has 0 aliphatic heterocycles. The molecule has 1 aromatic carbocycles. The quantitative estimate of drug-likeness (QED) is 0.422. The van der Waals surface area contributed by atoms with Gasteiger partial charge >= 0.3 is 6.18 Å². The molecule has 0 atom stereocenters. The Morgan fingerprint density at radius 1 is 1.27 bits per heavy atom. The van der Waals surface area contributed by atoms with Gasteiger partial charge in [0.2, 0.25) is 10.0 Å². The van der Waals surface area contributed by atoms with E-state index < -0.39 is 28.4 Å². The van der Waals surface area contributed by atoms with Crippen LogP contribution in [0.15, 0.2) is 60.7 Å². The van der Waals surface area contributed by atoms with Gasteiger partial charge in [0.05, 0.1) is 22.7 Å². The van der Waals surface area contributed by atoms with Crippen molar-refractivity contribution in [1.29, 1.82) is 0 Å². The van der Waals surface area contributed by atoms with Crippen molar-refractivity contribution in [3.63, 3.8) is 0 Å². The maximum Gasteiger partial charge on any atom is 0.390 e. The van der Waals surface area contributed by atoms with Gasteiger partial charge in [-0.25, -0.2) is 13.4 Å². The predicted octanol–water partition coefficient (Wildman–Crippen LogP) is 5.90. The number of nitrogens with one attached hydrogen (secondary N) is 1. The molecule has 0 unspecified atom stereocenters. The molecule has 1 aliphatic rings. The van der Waals surface area contributed by atoms with E-state index in [1.54, 1.807) is 6.08 Å². The lowest BCUT2D eigenvalue weighted by molar-refractivity contribution is -0.129. The van der Waals surface area contributed by atoms with E-state index in [-0.39, 0.29) is 10.7 Å². The van der Waals surface area contributed by atoms with Crippen molar-refractivity contribution in [3.8, 4) is 10.4 Å². The van der Waals surface area contributed by atoms with E-state index in [2.05, 4.69) is 16.3 Å². The first-order valence-corrected chi connectivity index (χ1v) is 12.8. The van der Waals surface area contributed by atoms with Crippen LogP contribution in [0.3, 0.4) is 0 Å². The maximum absolute atomic E-state index is 12.5. The Kier molecular flexibility index (Phi) is 7.50. The largest absolute Gasteiger partial charge is 0.390 e. The Hall–Kier alpha value is -2.43. The molecular weight excluding hydrogens is 471 g/mol. The monoisotopic (exact) mass is 497 g/mol. The van der Waals surface area contributed by atoms with Crippen LogP contribution in [0.1, 0.15) is 38.3 Å². The topological polar surface area (TPSA) is 85.1 Å². The third-order valence-corrected chi connectivity index (χ3v) is 7.99. The number of allylic oxidation sites excluding steroid dienone is 4. The molecule has 0 bridgehead atoms. The molecule has 2 aromatic rings. The molecule has 10 heteroatoms. The van der Waals surface area contributed by atoms with Crippen LogP contribution in [0.25, 0.3) is 16.0 Å². The smallest absolute Gasteiger partial charge is 0.322 e. The Bertz CT molecular complexity index is 1160. The summed E-state index contributed by atoms with van der Waals surface area (Å²) in [4.78, 5) is 5.08. The normalized spacial score (nSPS) is 16.9. The number of halogens is 3. The van der Waals surface area contributed by atoms with Gasteiger partial charge in [-0.3, -0.25) is 4.72 Å². The molecule has 0 spiro atoms. The number of aromatic nitrogens is 1. The summed E-state index contributed by atoms with van der Waals surface area (Å²) >= 11 is 1.06. The summed E-state index contributed by atoms with van der Waals surface area (Å²) in [5.41, 5.74) is 9.02. The van der Waals surface area contributed by atoms with E-state index in [1.165, 1.54) is 0 Å². The number of sulfonamides is 1. The molecule has 5 nitrogen and oxygen atoms in total. The first-order chi connectivity index (χ1) is 15.4. The second-order valence-electron chi connectivity index (χ2n) is 8.03. The first kappa shape index (κ1) is 25.2. The fourth-order valence-corrected chi connectivity index (χ4v) is 5.66.